The van der Waals surface area contributed by atoms with Gasteiger partial charge in [0.25, 0.3) is 0 Å². The number of anilines is 1. The van der Waals surface area contributed by atoms with Gasteiger partial charge in [-0.25, -0.2) is 15.0 Å². The molecule has 5 aromatic rings. The van der Waals surface area contributed by atoms with Crippen LogP contribution in [0.25, 0.3) is 21.5 Å². The quantitative estimate of drug-likeness (QED) is 0.315. The van der Waals surface area contributed by atoms with Crippen LogP contribution >= 0.6 is 11.3 Å². The number of hydrogen-bond donors (Lipinski definition) is 1. The summed E-state index contributed by atoms with van der Waals surface area (Å²) in [5.74, 6) is 3.04. The fraction of sp³-hybridized carbons (Fsp3) is 0.200. The Balaban J connectivity index is 1.32. The topological polar surface area (TPSA) is 86.0 Å². The Labute approximate surface area is 195 Å². The molecule has 33 heavy (non-hydrogen) atoms. The number of nitrogens with zero attached hydrogens (tertiary/aromatic N) is 4. The summed E-state index contributed by atoms with van der Waals surface area (Å²) in [6.45, 7) is 6.23. The van der Waals surface area contributed by atoms with Gasteiger partial charge in [-0.05, 0) is 50.6 Å². The molecule has 0 aliphatic carbocycles. The van der Waals surface area contributed by atoms with E-state index >= 15 is 0 Å². The Kier molecular flexibility index (Phi) is 5.75. The predicted molar refractivity (Wildman–Crippen MR) is 129 cm³/mol. The number of fused-ring (bicyclic) bond motifs is 1. The molecule has 3 aromatic heterocycles. The van der Waals surface area contributed by atoms with Gasteiger partial charge in [-0.15, -0.1) is 11.3 Å². The average molecular weight is 458 g/mol. The molecule has 8 heteroatoms. The van der Waals surface area contributed by atoms with Crippen molar-refractivity contribution in [3.63, 3.8) is 0 Å². The number of hydrogen-bond acceptors (Lipinski definition) is 8. The molecule has 0 saturated heterocycles. The van der Waals surface area contributed by atoms with Crippen LogP contribution in [0.4, 0.5) is 5.82 Å². The summed E-state index contributed by atoms with van der Waals surface area (Å²) >= 11 is 1.63. The van der Waals surface area contributed by atoms with Gasteiger partial charge < -0.3 is 14.6 Å². The summed E-state index contributed by atoms with van der Waals surface area (Å²) in [6.07, 6.45) is 0. The van der Waals surface area contributed by atoms with Gasteiger partial charge in [0.15, 0.2) is 0 Å². The van der Waals surface area contributed by atoms with Gasteiger partial charge >= 0.3 is 0 Å². The van der Waals surface area contributed by atoms with E-state index in [2.05, 4.69) is 44.5 Å². The Morgan fingerprint density at radius 3 is 2.82 bits per heavy atom. The molecule has 5 rings (SSSR count). The number of nitrogens with one attached hydrogen (secondary N) is 1. The molecule has 0 radical (unpaired) electrons. The van der Waals surface area contributed by atoms with Crippen molar-refractivity contribution in [1.82, 2.24) is 20.1 Å². The van der Waals surface area contributed by atoms with Gasteiger partial charge in [-0.3, -0.25) is 0 Å². The summed E-state index contributed by atoms with van der Waals surface area (Å²) in [4.78, 5) is 13.6. The SMILES string of the molecule is Cc1nc(NC(C)c2cccc(OCc3cc(C)on3)c2)cc(-c2ccc3ncsc3c2)n1. The van der Waals surface area contributed by atoms with E-state index in [-0.39, 0.29) is 6.04 Å². The standard InChI is InChI=1S/C25H23N5O2S/c1-15-9-20(30-32-15)13-31-21-6-4-5-18(10-21)16(2)27-25-12-23(28-17(3)29-25)19-7-8-22-24(11-19)33-14-26-22/h4-12,14,16H,13H2,1-3H3,(H,27,28,29). The number of benzene rings is 2. The van der Waals surface area contributed by atoms with Crippen LogP contribution in [0.5, 0.6) is 5.75 Å². The van der Waals surface area contributed by atoms with Crippen LogP contribution < -0.4 is 10.1 Å². The normalized spacial score (nSPS) is 12.1. The zero-order valence-corrected chi connectivity index (χ0v) is 19.4. The molecular weight excluding hydrogens is 434 g/mol. The van der Waals surface area contributed by atoms with Crippen molar-refractivity contribution in [2.75, 3.05) is 5.32 Å². The van der Waals surface area contributed by atoms with Crippen LogP contribution in [-0.4, -0.2) is 20.1 Å². The minimum absolute atomic E-state index is 0.0222. The lowest BCUT2D eigenvalue weighted by Crippen LogP contribution is -2.09. The summed E-state index contributed by atoms with van der Waals surface area (Å²) in [6, 6.07) is 18.1. The van der Waals surface area contributed by atoms with Crippen molar-refractivity contribution in [3.8, 4) is 17.0 Å². The molecule has 7 nitrogen and oxygen atoms in total. The predicted octanol–water partition coefficient (Wildman–Crippen LogP) is 6.11. The van der Waals surface area contributed by atoms with E-state index in [4.69, 9.17) is 9.26 Å². The first-order valence-corrected chi connectivity index (χ1v) is 11.5. The third-order valence-corrected chi connectivity index (χ3v) is 6.04. The van der Waals surface area contributed by atoms with E-state index in [0.717, 1.165) is 50.1 Å². The summed E-state index contributed by atoms with van der Waals surface area (Å²) < 4.78 is 12.1. The molecule has 0 amide bonds. The molecule has 0 spiro atoms. The van der Waals surface area contributed by atoms with Gasteiger partial charge in [0.05, 0.1) is 27.5 Å². The highest BCUT2D eigenvalue weighted by Crippen LogP contribution is 2.28. The summed E-state index contributed by atoms with van der Waals surface area (Å²) in [5.41, 5.74) is 6.65. The molecule has 0 saturated carbocycles. The number of thiazole rings is 1. The molecule has 2 aromatic carbocycles. The second-order valence-corrected chi connectivity index (χ2v) is 8.76. The first-order chi connectivity index (χ1) is 16.0. The van der Waals surface area contributed by atoms with Crippen LogP contribution in [0.2, 0.25) is 0 Å². The zero-order chi connectivity index (χ0) is 22.8. The van der Waals surface area contributed by atoms with Crippen LogP contribution in [0.15, 0.2) is 64.6 Å². The maximum Gasteiger partial charge on any atom is 0.134 e. The molecule has 1 atom stereocenters. The lowest BCUT2D eigenvalue weighted by atomic mass is 10.1. The van der Waals surface area contributed by atoms with Crippen molar-refractivity contribution >= 4 is 27.4 Å². The molecular formula is C25H23N5O2S. The van der Waals surface area contributed by atoms with E-state index in [9.17, 15) is 0 Å². The minimum Gasteiger partial charge on any atom is -0.487 e. The lowest BCUT2D eigenvalue weighted by molar-refractivity contribution is 0.287. The largest absolute Gasteiger partial charge is 0.487 e. The van der Waals surface area contributed by atoms with Crippen LogP contribution in [-0.2, 0) is 6.61 Å². The molecule has 166 valence electrons. The highest BCUT2D eigenvalue weighted by molar-refractivity contribution is 7.16. The number of rotatable bonds is 7. The van der Waals surface area contributed by atoms with E-state index < -0.39 is 0 Å². The van der Waals surface area contributed by atoms with E-state index in [1.807, 2.05) is 61.8 Å². The maximum absolute atomic E-state index is 5.89. The van der Waals surface area contributed by atoms with Crippen LogP contribution in [0.1, 0.15) is 35.8 Å². The number of aromatic nitrogens is 4. The van der Waals surface area contributed by atoms with E-state index in [0.29, 0.717) is 12.4 Å². The number of ether oxygens (including phenoxy) is 1. The lowest BCUT2D eigenvalue weighted by Gasteiger charge is -2.17. The monoisotopic (exact) mass is 457 g/mol. The molecule has 3 heterocycles. The van der Waals surface area contributed by atoms with E-state index in [1.54, 1.807) is 11.3 Å². The second-order valence-electron chi connectivity index (χ2n) is 7.88. The van der Waals surface area contributed by atoms with Crippen molar-refractivity contribution in [1.29, 1.82) is 0 Å². The zero-order valence-electron chi connectivity index (χ0n) is 18.6. The summed E-state index contributed by atoms with van der Waals surface area (Å²) in [7, 11) is 0. The van der Waals surface area contributed by atoms with Crippen molar-refractivity contribution in [2.24, 2.45) is 0 Å². The molecule has 0 bridgehead atoms. The van der Waals surface area contributed by atoms with E-state index in [1.165, 1.54) is 0 Å². The van der Waals surface area contributed by atoms with Gasteiger partial charge in [-0.1, -0.05) is 23.4 Å². The van der Waals surface area contributed by atoms with Crippen molar-refractivity contribution < 1.29 is 9.26 Å². The second kappa shape index (κ2) is 8.99. The first kappa shape index (κ1) is 21.1. The molecule has 1 N–H and O–H groups in total. The highest BCUT2D eigenvalue weighted by atomic mass is 32.1. The summed E-state index contributed by atoms with van der Waals surface area (Å²) in [5, 5.41) is 7.47. The van der Waals surface area contributed by atoms with Gasteiger partial charge in [0, 0.05) is 17.7 Å². The third kappa shape index (κ3) is 4.85. The fourth-order valence-corrected chi connectivity index (χ4v) is 4.34. The Morgan fingerprint density at radius 2 is 1.97 bits per heavy atom. The molecule has 0 fully saturated rings. The highest BCUT2D eigenvalue weighted by Gasteiger charge is 2.11. The van der Waals surface area contributed by atoms with Crippen LogP contribution in [0.3, 0.4) is 0 Å². The minimum atomic E-state index is 0.0222. The molecule has 0 aliphatic heterocycles. The maximum atomic E-state index is 5.89. The molecule has 0 aliphatic rings. The third-order valence-electron chi connectivity index (χ3n) is 5.25. The average Bonchev–Trinajstić information content (AvgIpc) is 3.45. The van der Waals surface area contributed by atoms with Gasteiger partial charge in [-0.2, -0.15) is 0 Å². The van der Waals surface area contributed by atoms with Gasteiger partial charge in [0.2, 0.25) is 0 Å². The smallest absolute Gasteiger partial charge is 0.134 e. The van der Waals surface area contributed by atoms with Crippen molar-refractivity contribution in [3.05, 3.63) is 82.9 Å². The van der Waals surface area contributed by atoms with Crippen LogP contribution in [0, 0.1) is 13.8 Å². The fourth-order valence-electron chi connectivity index (χ4n) is 3.63. The Hall–Kier alpha value is -3.78. The molecule has 1 unspecified atom stereocenters. The van der Waals surface area contributed by atoms with Crippen molar-refractivity contribution in [2.45, 2.75) is 33.4 Å². The Morgan fingerprint density at radius 1 is 1.06 bits per heavy atom. The Bertz CT molecular complexity index is 1410. The first-order valence-electron chi connectivity index (χ1n) is 10.6. The van der Waals surface area contributed by atoms with Gasteiger partial charge in [0.1, 0.15) is 35.5 Å². The number of aryl methyl sites for hydroxylation is 2.